The molecule has 0 fully saturated rings. The van der Waals surface area contributed by atoms with Crippen LogP contribution in [0.4, 0.5) is 5.82 Å². The summed E-state index contributed by atoms with van der Waals surface area (Å²) < 4.78 is 0. The number of benzene rings is 1. The molecule has 0 bridgehead atoms. The molecule has 0 saturated heterocycles. The summed E-state index contributed by atoms with van der Waals surface area (Å²) in [5.41, 5.74) is 6.76. The van der Waals surface area contributed by atoms with Crippen LogP contribution in [0.3, 0.4) is 0 Å². The number of nitrogen functional groups attached to an aromatic ring is 1. The van der Waals surface area contributed by atoms with Crippen LogP contribution in [0, 0.1) is 6.92 Å². The standard InChI is InChI=1S/C12H12ClN3S/c1-8-15-11(14)6-12(16-8)17-7-9-4-2-3-5-10(9)13/h2-6H,7H2,1H3,(H2,14,15,16). The molecule has 0 unspecified atom stereocenters. The van der Waals surface area contributed by atoms with Gasteiger partial charge in [-0.05, 0) is 18.6 Å². The normalized spacial score (nSPS) is 10.5. The van der Waals surface area contributed by atoms with Crippen LogP contribution in [0.15, 0.2) is 35.4 Å². The van der Waals surface area contributed by atoms with E-state index in [0.717, 1.165) is 21.4 Å². The molecule has 5 heteroatoms. The number of aryl methyl sites for hydroxylation is 1. The SMILES string of the molecule is Cc1nc(N)cc(SCc2ccccc2Cl)n1. The second kappa shape index (κ2) is 5.38. The third-order valence-electron chi connectivity index (χ3n) is 2.17. The molecule has 1 aromatic heterocycles. The summed E-state index contributed by atoms with van der Waals surface area (Å²) in [7, 11) is 0. The van der Waals surface area contributed by atoms with Crippen LogP contribution < -0.4 is 5.73 Å². The molecule has 0 aliphatic carbocycles. The van der Waals surface area contributed by atoms with Gasteiger partial charge in [0.1, 0.15) is 16.7 Å². The van der Waals surface area contributed by atoms with Crippen molar-refractivity contribution in [3.63, 3.8) is 0 Å². The van der Waals surface area contributed by atoms with Crippen molar-refractivity contribution < 1.29 is 0 Å². The van der Waals surface area contributed by atoms with Crippen molar-refractivity contribution in [2.24, 2.45) is 0 Å². The predicted octanol–water partition coefficient (Wildman–Crippen LogP) is 3.31. The number of hydrogen-bond donors (Lipinski definition) is 1. The Bertz CT molecular complexity index is 511. The molecule has 0 radical (unpaired) electrons. The highest BCUT2D eigenvalue weighted by Gasteiger charge is 2.03. The third kappa shape index (κ3) is 3.35. The molecule has 2 rings (SSSR count). The van der Waals surface area contributed by atoms with Crippen molar-refractivity contribution in [3.8, 4) is 0 Å². The maximum absolute atomic E-state index is 6.08. The predicted molar refractivity (Wildman–Crippen MR) is 72.2 cm³/mol. The molecule has 0 amide bonds. The van der Waals surface area contributed by atoms with E-state index in [1.54, 1.807) is 17.8 Å². The van der Waals surface area contributed by atoms with E-state index in [2.05, 4.69) is 9.97 Å². The van der Waals surface area contributed by atoms with Gasteiger partial charge in [-0.2, -0.15) is 0 Å². The molecule has 17 heavy (non-hydrogen) atoms. The van der Waals surface area contributed by atoms with Gasteiger partial charge in [0.25, 0.3) is 0 Å². The second-order valence-electron chi connectivity index (χ2n) is 3.56. The highest BCUT2D eigenvalue weighted by molar-refractivity contribution is 7.98. The van der Waals surface area contributed by atoms with Crippen LogP contribution in [0.2, 0.25) is 5.02 Å². The van der Waals surface area contributed by atoms with Crippen LogP contribution >= 0.6 is 23.4 Å². The highest BCUT2D eigenvalue weighted by atomic mass is 35.5. The molecular weight excluding hydrogens is 254 g/mol. The number of anilines is 1. The Hall–Kier alpha value is -1.26. The van der Waals surface area contributed by atoms with Gasteiger partial charge in [-0.3, -0.25) is 0 Å². The van der Waals surface area contributed by atoms with Crippen molar-refractivity contribution in [1.29, 1.82) is 0 Å². The Kier molecular flexibility index (Phi) is 3.86. The summed E-state index contributed by atoms with van der Waals surface area (Å²) in [6.45, 7) is 1.83. The maximum Gasteiger partial charge on any atom is 0.128 e. The average Bonchev–Trinajstić information content (AvgIpc) is 2.27. The van der Waals surface area contributed by atoms with E-state index >= 15 is 0 Å². The summed E-state index contributed by atoms with van der Waals surface area (Å²) in [4.78, 5) is 8.34. The van der Waals surface area contributed by atoms with Crippen LogP contribution in [0.1, 0.15) is 11.4 Å². The molecule has 1 aromatic carbocycles. The number of thioether (sulfide) groups is 1. The van der Waals surface area contributed by atoms with E-state index in [1.807, 2.05) is 31.2 Å². The number of aromatic nitrogens is 2. The van der Waals surface area contributed by atoms with Crippen molar-refractivity contribution in [1.82, 2.24) is 9.97 Å². The van der Waals surface area contributed by atoms with E-state index < -0.39 is 0 Å². The third-order valence-corrected chi connectivity index (χ3v) is 3.50. The molecule has 88 valence electrons. The monoisotopic (exact) mass is 265 g/mol. The Morgan fingerprint density at radius 1 is 1.29 bits per heavy atom. The quantitative estimate of drug-likeness (QED) is 0.683. The lowest BCUT2D eigenvalue weighted by Crippen LogP contribution is -1.96. The zero-order valence-electron chi connectivity index (χ0n) is 9.35. The van der Waals surface area contributed by atoms with Crippen molar-refractivity contribution in [2.45, 2.75) is 17.7 Å². The van der Waals surface area contributed by atoms with Crippen LogP contribution in [-0.4, -0.2) is 9.97 Å². The minimum atomic E-state index is 0.499. The Morgan fingerprint density at radius 2 is 2.06 bits per heavy atom. The zero-order chi connectivity index (χ0) is 12.3. The van der Waals surface area contributed by atoms with Gasteiger partial charge >= 0.3 is 0 Å². The van der Waals surface area contributed by atoms with Gasteiger partial charge < -0.3 is 5.73 Å². The molecule has 1 heterocycles. The summed E-state index contributed by atoms with van der Waals surface area (Å²) in [5, 5.41) is 1.65. The molecule has 0 atom stereocenters. The fourth-order valence-corrected chi connectivity index (χ4v) is 2.64. The van der Waals surface area contributed by atoms with Crippen LogP contribution in [-0.2, 0) is 5.75 Å². The number of rotatable bonds is 3. The van der Waals surface area contributed by atoms with Crippen molar-refractivity contribution in [2.75, 3.05) is 5.73 Å². The molecule has 2 N–H and O–H groups in total. The van der Waals surface area contributed by atoms with Gasteiger partial charge in [-0.1, -0.05) is 29.8 Å². The minimum absolute atomic E-state index is 0.499. The van der Waals surface area contributed by atoms with Crippen molar-refractivity contribution >= 4 is 29.2 Å². The molecule has 0 aliphatic rings. The highest BCUT2D eigenvalue weighted by Crippen LogP contribution is 2.25. The number of hydrogen-bond acceptors (Lipinski definition) is 4. The first kappa shape index (κ1) is 12.2. The Morgan fingerprint density at radius 3 is 2.76 bits per heavy atom. The van der Waals surface area contributed by atoms with E-state index in [1.165, 1.54) is 0 Å². The first-order valence-electron chi connectivity index (χ1n) is 5.12. The van der Waals surface area contributed by atoms with E-state index in [-0.39, 0.29) is 0 Å². The smallest absolute Gasteiger partial charge is 0.128 e. The zero-order valence-corrected chi connectivity index (χ0v) is 10.9. The van der Waals surface area contributed by atoms with E-state index in [0.29, 0.717) is 11.6 Å². The summed E-state index contributed by atoms with van der Waals surface area (Å²) in [6, 6.07) is 9.56. The lowest BCUT2D eigenvalue weighted by Gasteiger charge is -2.04. The largest absolute Gasteiger partial charge is 0.384 e. The van der Waals surface area contributed by atoms with Gasteiger partial charge in [0, 0.05) is 16.8 Å². The lowest BCUT2D eigenvalue weighted by atomic mass is 10.2. The molecule has 0 saturated carbocycles. The van der Waals surface area contributed by atoms with Crippen LogP contribution in [0.5, 0.6) is 0 Å². The topological polar surface area (TPSA) is 51.8 Å². The van der Waals surface area contributed by atoms with E-state index in [4.69, 9.17) is 17.3 Å². The van der Waals surface area contributed by atoms with Gasteiger partial charge in [-0.15, -0.1) is 11.8 Å². The Balaban J connectivity index is 2.10. The van der Waals surface area contributed by atoms with Crippen LogP contribution in [0.25, 0.3) is 0 Å². The molecule has 0 spiro atoms. The number of nitrogens with zero attached hydrogens (tertiary/aromatic N) is 2. The minimum Gasteiger partial charge on any atom is -0.384 e. The average molecular weight is 266 g/mol. The van der Waals surface area contributed by atoms with Gasteiger partial charge in [-0.25, -0.2) is 9.97 Å². The maximum atomic E-state index is 6.08. The molecule has 0 aliphatic heterocycles. The molecule has 3 nitrogen and oxygen atoms in total. The number of halogens is 1. The van der Waals surface area contributed by atoms with Gasteiger partial charge in [0.2, 0.25) is 0 Å². The fraction of sp³-hybridized carbons (Fsp3) is 0.167. The van der Waals surface area contributed by atoms with Crippen molar-refractivity contribution in [3.05, 3.63) is 46.7 Å². The summed E-state index contributed by atoms with van der Waals surface area (Å²) in [6.07, 6.45) is 0. The summed E-state index contributed by atoms with van der Waals surface area (Å²) in [5.74, 6) is 1.96. The van der Waals surface area contributed by atoms with E-state index in [9.17, 15) is 0 Å². The summed E-state index contributed by atoms with van der Waals surface area (Å²) >= 11 is 7.68. The lowest BCUT2D eigenvalue weighted by molar-refractivity contribution is 0.975. The first-order chi connectivity index (χ1) is 8.15. The molecule has 2 aromatic rings. The second-order valence-corrected chi connectivity index (χ2v) is 4.96. The molecular formula is C12H12ClN3S. The fourth-order valence-electron chi connectivity index (χ4n) is 1.40. The Labute approximate surface area is 109 Å². The first-order valence-corrected chi connectivity index (χ1v) is 6.49. The van der Waals surface area contributed by atoms with Gasteiger partial charge in [0.05, 0.1) is 0 Å². The number of nitrogens with two attached hydrogens (primary N) is 1. The van der Waals surface area contributed by atoms with Gasteiger partial charge in [0.15, 0.2) is 0 Å².